The number of allylic oxidation sites excluding steroid dienone is 3. The molecule has 0 heterocycles. The Kier molecular flexibility index (Phi) is 10.5. The van der Waals surface area contributed by atoms with E-state index >= 15 is 0 Å². The van der Waals surface area contributed by atoms with Crippen LogP contribution in [0.2, 0.25) is 0 Å². The molecule has 1 N–H and O–H groups in total. The molecule has 0 aliphatic heterocycles. The summed E-state index contributed by atoms with van der Waals surface area (Å²) in [7, 11) is 0. The minimum Gasteiger partial charge on any atom is -0.462 e. The van der Waals surface area contributed by atoms with Gasteiger partial charge in [0.2, 0.25) is 0 Å². The molecular weight excluding hydrogens is 366 g/mol. The van der Waals surface area contributed by atoms with Gasteiger partial charge in [-0.25, -0.2) is 14.4 Å². The van der Waals surface area contributed by atoms with Gasteiger partial charge in [-0.2, -0.15) is 0 Å². The average Bonchev–Trinajstić information content (AvgIpc) is 2.69. The van der Waals surface area contributed by atoms with Gasteiger partial charge >= 0.3 is 18.2 Å². The molecule has 0 spiro atoms. The number of carbonyl (C=O) groups is 3. The van der Waals surface area contributed by atoms with E-state index in [0.717, 1.165) is 6.42 Å². The second kappa shape index (κ2) is 13.0. The van der Waals surface area contributed by atoms with Crippen molar-refractivity contribution in [2.24, 2.45) is 0 Å². The van der Waals surface area contributed by atoms with Crippen LogP contribution in [0.25, 0.3) is 0 Å². The molecule has 0 saturated carbocycles. The number of nitrogens with one attached hydrogen (secondary N) is 1. The van der Waals surface area contributed by atoms with Crippen LogP contribution < -0.4 is 5.32 Å². The van der Waals surface area contributed by atoms with Gasteiger partial charge in [0.05, 0.1) is 12.2 Å². The van der Waals surface area contributed by atoms with Crippen LogP contribution in [0.5, 0.6) is 0 Å². The first-order valence-corrected chi connectivity index (χ1v) is 8.88. The van der Waals surface area contributed by atoms with Crippen LogP contribution in [0.3, 0.4) is 0 Å². The number of hydrogen-bond acceptors (Lipinski definition) is 7. The van der Waals surface area contributed by atoms with Gasteiger partial charge in [-0.1, -0.05) is 13.0 Å². The van der Waals surface area contributed by atoms with E-state index in [9.17, 15) is 14.4 Å². The van der Waals surface area contributed by atoms with Gasteiger partial charge in [-0.15, -0.1) is 0 Å². The van der Waals surface area contributed by atoms with Gasteiger partial charge in [-0.3, -0.25) is 5.32 Å². The molecule has 28 heavy (non-hydrogen) atoms. The summed E-state index contributed by atoms with van der Waals surface area (Å²) >= 11 is 0. The average molecular weight is 391 g/mol. The summed E-state index contributed by atoms with van der Waals surface area (Å²) in [6.45, 7) is 5.40. The predicted molar refractivity (Wildman–Crippen MR) is 103 cm³/mol. The van der Waals surface area contributed by atoms with Crippen molar-refractivity contribution in [3.8, 4) is 0 Å². The summed E-state index contributed by atoms with van der Waals surface area (Å²) in [4.78, 5) is 34.8. The van der Waals surface area contributed by atoms with E-state index in [1.165, 1.54) is 12.1 Å². The highest BCUT2D eigenvalue weighted by Gasteiger charge is 2.09. The molecule has 1 aromatic rings. The number of esters is 1. The number of rotatable bonds is 9. The van der Waals surface area contributed by atoms with Gasteiger partial charge in [0, 0.05) is 5.69 Å². The normalized spacial score (nSPS) is 11.0. The van der Waals surface area contributed by atoms with Gasteiger partial charge in [-0.05, 0) is 56.7 Å². The molecule has 0 atom stereocenters. The van der Waals surface area contributed by atoms with Crippen LogP contribution in [0.15, 0.2) is 48.3 Å². The second-order valence-corrected chi connectivity index (χ2v) is 5.26. The second-order valence-electron chi connectivity index (χ2n) is 5.26. The Morgan fingerprint density at radius 2 is 1.68 bits per heavy atom. The van der Waals surface area contributed by atoms with Crippen molar-refractivity contribution in [1.82, 2.24) is 0 Å². The molecule has 1 rings (SSSR count). The van der Waals surface area contributed by atoms with Crippen molar-refractivity contribution in [1.29, 1.82) is 0 Å². The Morgan fingerprint density at radius 1 is 1.00 bits per heavy atom. The predicted octanol–water partition coefficient (Wildman–Crippen LogP) is 4.44. The fourth-order valence-electron chi connectivity index (χ4n) is 1.87. The minimum absolute atomic E-state index is 0.141. The van der Waals surface area contributed by atoms with E-state index < -0.39 is 18.2 Å². The maximum atomic E-state index is 11.7. The van der Waals surface area contributed by atoms with E-state index in [0.29, 0.717) is 17.0 Å². The Labute approximate surface area is 164 Å². The van der Waals surface area contributed by atoms with Gasteiger partial charge < -0.3 is 18.9 Å². The number of benzene rings is 1. The summed E-state index contributed by atoms with van der Waals surface area (Å²) < 4.78 is 19.6. The first-order valence-electron chi connectivity index (χ1n) is 8.88. The highest BCUT2D eigenvalue weighted by molar-refractivity contribution is 5.91. The van der Waals surface area contributed by atoms with Crippen molar-refractivity contribution < 1.29 is 33.3 Å². The fourth-order valence-corrected chi connectivity index (χ4v) is 1.87. The monoisotopic (exact) mass is 391 g/mol. The highest BCUT2D eigenvalue weighted by atomic mass is 16.7. The molecule has 0 aliphatic rings. The molecule has 8 nitrogen and oxygen atoms in total. The Hall–Kier alpha value is -3.29. The standard InChI is InChI=1S/C20H25NO7/c1-4-7-8-17(5-2)28-20(24)27-14-13-26-19(23)21-16-11-9-15(10-12-16)18(22)25-6-3/h5,7-12H,4,6,13-14H2,1-3H3,(H,21,23)/b8-7-,17-5+. The zero-order chi connectivity index (χ0) is 20.8. The lowest BCUT2D eigenvalue weighted by molar-refractivity contribution is 0.0525. The van der Waals surface area contributed by atoms with E-state index in [-0.39, 0.29) is 19.8 Å². The third-order valence-electron chi connectivity index (χ3n) is 3.18. The van der Waals surface area contributed by atoms with Crippen molar-refractivity contribution in [2.45, 2.75) is 27.2 Å². The zero-order valence-corrected chi connectivity index (χ0v) is 16.2. The topological polar surface area (TPSA) is 100 Å². The molecule has 1 aromatic carbocycles. The molecule has 0 radical (unpaired) electrons. The van der Waals surface area contributed by atoms with E-state index in [4.69, 9.17) is 18.9 Å². The van der Waals surface area contributed by atoms with Crippen LogP contribution in [0, 0.1) is 0 Å². The number of amides is 1. The third-order valence-corrected chi connectivity index (χ3v) is 3.18. The van der Waals surface area contributed by atoms with E-state index in [1.807, 2.05) is 13.0 Å². The molecule has 0 saturated heterocycles. The zero-order valence-electron chi connectivity index (χ0n) is 16.2. The summed E-state index contributed by atoms with van der Waals surface area (Å²) in [5.41, 5.74) is 0.820. The Morgan fingerprint density at radius 3 is 2.29 bits per heavy atom. The molecule has 0 fully saturated rings. The summed E-state index contributed by atoms with van der Waals surface area (Å²) in [5.74, 6) is -0.0660. The fraction of sp³-hybridized carbons (Fsp3) is 0.350. The number of hydrogen-bond donors (Lipinski definition) is 1. The SMILES string of the molecule is C/C=C(\C=C/CC)OC(=O)OCCOC(=O)Nc1ccc(C(=O)OCC)cc1. The molecule has 0 bridgehead atoms. The number of anilines is 1. The van der Waals surface area contributed by atoms with Crippen molar-refractivity contribution >= 4 is 23.9 Å². The lowest BCUT2D eigenvalue weighted by atomic mass is 10.2. The first-order chi connectivity index (χ1) is 13.5. The third kappa shape index (κ3) is 8.88. The van der Waals surface area contributed by atoms with Crippen molar-refractivity contribution in [2.75, 3.05) is 25.1 Å². The molecule has 0 aliphatic carbocycles. The van der Waals surface area contributed by atoms with Crippen LogP contribution in [-0.2, 0) is 18.9 Å². The lowest BCUT2D eigenvalue weighted by Crippen LogP contribution is -2.18. The maximum Gasteiger partial charge on any atom is 0.513 e. The largest absolute Gasteiger partial charge is 0.513 e. The summed E-state index contributed by atoms with van der Waals surface area (Å²) in [6, 6.07) is 6.14. The molecule has 152 valence electrons. The van der Waals surface area contributed by atoms with Crippen LogP contribution in [0.4, 0.5) is 15.3 Å². The number of ether oxygens (including phenoxy) is 4. The summed E-state index contributed by atoms with van der Waals surface area (Å²) in [6.07, 6.45) is 4.34. The van der Waals surface area contributed by atoms with Crippen LogP contribution in [0.1, 0.15) is 37.6 Å². The highest BCUT2D eigenvalue weighted by Crippen LogP contribution is 2.11. The minimum atomic E-state index is -0.882. The van der Waals surface area contributed by atoms with Crippen molar-refractivity contribution in [3.05, 3.63) is 53.8 Å². The molecule has 0 unspecified atom stereocenters. The molecule has 8 heteroatoms. The van der Waals surface area contributed by atoms with E-state index in [2.05, 4.69) is 5.32 Å². The quantitative estimate of drug-likeness (QED) is 0.218. The van der Waals surface area contributed by atoms with E-state index in [1.54, 1.807) is 38.1 Å². The molecular formula is C20H25NO7. The summed E-state index contributed by atoms with van der Waals surface area (Å²) in [5, 5.41) is 2.49. The Bertz CT molecular complexity index is 708. The van der Waals surface area contributed by atoms with Gasteiger partial charge in [0.25, 0.3) is 0 Å². The molecule has 1 amide bonds. The Balaban J connectivity index is 2.30. The maximum absolute atomic E-state index is 11.7. The first kappa shape index (κ1) is 22.8. The number of carbonyl (C=O) groups excluding carboxylic acids is 3. The smallest absolute Gasteiger partial charge is 0.462 e. The van der Waals surface area contributed by atoms with Crippen LogP contribution >= 0.6 is 0 Å². The lowest BCUT2D eigenvalue weighted by Gasteiger charge is -2.09. The van der Waals surface area contributed by atoms with Crippen LogP contribution in [-0.4, -0.2) is 38.0 Å². The van der Waals surface area contributed by atoms with Gasteiger partial charge in [0.1, 0.15) is 19.0 Å². The van der Waals surface area contributed by atoms with Gasteiger partial charge in [0.15, 0.2) is 0 Å². The van der Waals surface area contributed by atoms with Crippen molar-refractivity contribution in [3.63, 3.8) is 0 Å². The molecule has 0 aromatic heterocycles.